The molecule has 0 unspecified atom stereocenters. The number of hydrogen-bond donors (Lipinski definition) is 1. The standard InChI is InChI=1S/C5H5.C3H4O2S2.Co/c1-2-4-5-3-1;4-3(5)2(7)1-6;/h1-5H;1,6-7H,(H,4,5);/q-1;;/p-2/b;2-1-;. The van der Waals surface area contributed by atoms with Crippen molar-refractivity contribution in [3.63, 3.8) is 0 Å². The van der Waals surface area contributed by atoms with Gasteiger partial charge in [-0.05, 0) is 0 Å². The van der Waals surface area contributed by atoms with E-state index in [0.717, 1.165) is 5.41 Å². The molecule has 1 aromatic carbocycles. The van der Waals surface area contributed by atoms with Crippen LogP contribution in [-0.4, -0.2) is 11.1 Å². The largest absolute Gasteiger partial charge is 0.788 e. The molecule has 2 nitrogen and oxygen atoms in total. The van der Waals surface area contributed by atoms with Crippen LogP contribution < -0.4 is 0 Å². The molecule has 5 heteroatoms. The van der Waals surface area contributed by atoms with E-state index in [1.54, 1.807) is 0 Å². The normalized spacial score (nSPS) is 9.08. The molecule has 0 spiro atoms. The molecule has 1 N–H and O–H groups in total. The summed E-state index contributed by atoms with van der Waals surface area (Å²) in [6.45, 7) is 0. The van der Waals surface area contributed by atoms with Crippen LogP contribution in [0.3, 0.4) is 0 Å². The fourth-order valence-electron chi connectivity index (χ4n) is 0.371. The molecule has 75 valence electrons. The molecular formula is C8H7CoO2S2-3. The smallest absolute Gasteiger partial charge is 0.306 e. The molecule has 0 heterocycles. The molecule has 0 saturated heterocycles. The Labute approximate surface area is 98.4 Å². The minimum Gasteiger partial charge on any atom is -0.788 e. The molecule has 0 aliphatic carbocycles. The van der Waals surface area contributed by atoms with Crippen LogP contribution in [0.5, 0.6) is 0 Å². The zero-order chi connectivity index (χ0) is 9.40. The molecular weight excluding hydrogens is 251 g/mol. The first kappa shape index (κ1) is 15.0. The zero-order valence-corrected chi connectivity index (χ0v) is 9.14. The van der Waals surface area contributed by atoms with Gasteiger partial charge in [0.25, 0.3) is 0 Å². The first-order chi connectivity index (χ1) is 5.68. The van der Waals surface area contributed by atoms with Crippen molar-refractivity contribution < 1.29 is 26.7 Å². The van der Waals surface area contributed by atoms with E-state index in [9.17, 15) is 4.79 Å². The van der Waals surface area contributed by atoms with Crippen molar-refractivity contribution in [2.45, 2.75) is 0 Å². The number of carboxylic acids is 1. The van der Waals surface area contributed by atoms with Crippen molar-refractivity contribution in [1.29, 1.82) is 0 Å². The average Bonchev–Trinajstić information content (AvgIpc) is 2.59. The third-order valence-electron chi connectivity index (χ3n) is 0.873. The maximum absolute atomic E-state index is 9.69. The van der Waals surface area contributed by atoms with Crippen molar-refractivity contribution in [3.8, 4) is 0 Å². The molecule has 1 rings (SSSR count). The Morgan fingerprint density at radius 1 is 1.38 bits per heavy atom. The fraction of sp³-hybridized carbons (Fsp3) is 0. The molecule has 0 atom stereocenters. The quantitative estimate of drug-likeness (QED) is 0.469. The van der Waals surface area contributed by atoms with E-state index in [2.05, 4.69) is 25.3 Å². The van der Waals surface area contributed by atoms with Crippen molar-refractivity contribution >= 4 is 31.2 Å². The van der Waals surface area contributed by atoms with Crippen molar-refractivity contribution in [2.75, 3.05) is 0 Å². The topological polar surface area (TPSA) is 37.3 Å². The molecule has 13 heavy (non-hydrogen) atoms. The summed E-state index contributed by atoms with van der Waals surface area (Å²) < 4.78 is 0. The summed E-state index contributed by atoms with van der Waals surface area (Å²) in [4.78, 5) is 9.48. The summed E-state index contributed by atoms with van der Waals surface area (Å²) in [5, 5.41) is 8.90. The molecule has 1 aromatic rings. The molecule has 0 amide bonds. The molecule has 0 saturated carbocycles. The van der Waals surface area contributed by atoms with Gasteiger partial charge in [-0.25, -0.2) is 22.3 Å². The summed E-state index contributed by atoms with van der Waals surface area (Å²) in [7, 11) is 0. The predicted octanol–water partition coefficient (Wildman–Crippen LogP) is 1.41. The number of hydrogen-bond acceptors (Lipinski definition) is 3. The number of aliphatic carboxylic acids is 1. The molecule has 1 radical (unpaired) electrons. The van der Waals surface area contributed by atoms with E-state index in [1.165, 1.54) is 0 Å². The minimum absolute atomic E-state index is 0. The van der Waals surface area contributed by atoms with Gasteiger partial charge >= 0.3 is 5.97 Å². The molecule has 0 aliphatic heterocycles. The summed E-state index contributed by atoms with van der Waals surface area (Å²) in [6, 6.07) is 10.0. The van der Waals surface area contributed by atoms with Crippen LogP contribution >= 0.6 is 0 Å². The van der Waals surface area contributed by atoms with Gasteiger partial charge in [-0.2, -0.15) is 18.2 Å². The second-order valence-electron chi connectivity index (χ2n) is 1.75. The van der Waals surface area contributed by atoms with Crippen LogP contribution in [0.4, 0.5) is 0 Å². The van der Waals surface area contributed by atoms with Gasteiger partial charge in [-0.15, -0.1) is 4.91 Å². The Kier molecular flexibility index (Phi) is 11.1. The Morgan fingerprint density at radius 3 is 1.92 bits per heavy atom. The third-order valence-corrected chi connectivity index (χ3v) is 1.55. The first-order valence-corrected chi connectivity index (χ1v) is 3.95. The monoisotopic (exact) mass is 258 g/mol. The van der Waals surface area contributed by atoms with Gasteiger partial charge < -0.3 is 30.4 Å². The average molecular weight is 258 g/mol. The van der Waals surface area contributed by atoms with E-state index < -0.39 is 5.97 Å². The van der Waals surface area contributed by atoms with Crippen LogP contribution in [0.15, 0.2) is 40.6 Å². The second kappa shape index (κ2) is 9.59. The fourth-order valence-corrected chi connectivity index (χ4v) is 0.472. The van der Waals surface area contributed by atoms with E-state index >= 15 is 0 Å². The number of rotatable bonds is 1. The SMILES string of the molecule is O=C(O)/C([S-])=C/[S-].[Co].c1cc[cH-]c1. The Bertz CT molecular complexity index is 227. The maximum Gasteiger partial charge on any atom is 0.306 e. The van der Waals surface area contributed by atoms with Gasteiger partial charge in [-0.1, -0.05) is 0 Å². The molecule has 0 aliphatic rings. The summed E-state index contributed by atoms with van der Waals surface area (Å²) in [5.74, 6) is -1.13. The van der Waals surface area contributed by atoms with Crippen LogP contribution in [-0.2, 0) is 46.8 Å². The molecule has 0 fully saturated rings. The van der Waals surface area contributed by atoms with E-state index in [0.29, 0.717) is 0 Å². The van der Waals surface area contributed by atoms with Crippen molar-refractivity contribution in [2.24, 2.45) is 0 Å². The van der Waals surface area contributed by atoms with E-state index in [-0.39, 0.29) is 21.7 Å². The predicted molar refractivity (Wildman–Crippen MR) is 52.5 cm³/mol. The van der Waals surface area contributed by atoms with Gasteiger partial charge in [0.2, 0.25) is 0 Å². The minimum atomic E-state index is -1.13. The Hall–Kier alpha value is -0.494. The van der Waals surface area contributed by atoms with Crippen LogP contribution in [0.2, 0.25) is 0 Å². The Morgan fingerprint density at radius 2 is 1.85 bits per heavy atom. The molecule has 0 aromatic heterocycles. The van der Waals surface area contributed by atoms with E-state index in [4.69, 9.17) is 5.11 Å². The van der Waals surface area contributed by atoms with Crippen molar-refractivity contribution in [3.05, 3.63) is 40.6 Å². The molecule has 0 bridgehead atoms. The number of carbonyl (C=O) groups is 1. The maximum atomic E-state index is 9.69. The van der Waals surface area contributed by atoms with Crippen LogP contribution in [0, 0.1) is 0 Å². The van der Waals surface area contributed by atoms with Crippen LogP contribution in [0.25, 0.3) is 0 Å². The summed E-state index contributed by atoms with van der Waals surface area (Å²) in [5.41, 5.74) is 0. The number of carboxylic acid groups (broad SMARTS) is 1. The van der Waals surface area contributed by atoms with Gasteiger partial charge in [0.15, 0.2) is 0 Å². The van der Waals surface area contributed by atoms with Gasteiger partial charge in [0, 0.05) is 16.8 Å². The first-order valence-electron chi connectivity index (χ1n) is 3.07. The van der Waals surface area contributed by atoms with Gasteiger partial charge in [0.1, 0.15) is 0 Å². The summed E-state index contributed by atoms with van der Waals surface area (Å²) >= 11 is 8.42. The Balaban J connectivity index is 0. The van der Waals surface area contributed by atoms with Gasteiger partial charge in [-0.3, -0.25) is 0 Å². The van der Waals surface area contributed by atoms with Gasteiger partial charge in [0.05, 0.1) is 0 Å². The summed E-state index contributed by atoms with van der Waals surface area (Å²) in [6.07, 6.45) is 0. The van der Waals surface area contributed by atoms with Crippen molar-refractivity contribution in [1.82, 2.24) is 0 Å². The zero-order valence-electron chi connectivity index (χ0n) is 6.47. The van der Waals surface area contributed by atoms with Crippen LogP contribution in [0.1, 0.15) is 0 Å². The second-order valence-corrected chi connectivity index (χ2v) is 2.43. The third kappa shape index (κ3) is 9.42. The van der Waals surface area contributed by atoms with E-state index in [1.807, 2.05) is 30.3 Å².